The molecule has 0 unspecified atom stereocenters. The summed E-state index contributed by atoms with van der Waals surface area (Å²) in [6.07, 6.45) is 0. The number of benzene rings is 1. The number of nitrogens with one attached hydrogen (secondary N) is 1. The number of nitrogens with two attached hydrogens (primary N) is 1. The van der Waals surface area contributed by atoms with Crippen LogP contribution in [0.2, 0.25) is 0 Å². The first-order valence-corrected chi connectivity index (χ1v) is 6.84. The first kappa shape index (κ1) is 15.5. The van der Waals surface area contributed by atoms with Crippen LogP contribution in [-0.2, 0) is 6.54 Å². The van der Waals surface area contributed by atoms with Crippen molar-refractivity contribution >= 4 is 5.96 Å². The van der Waals surface area contributed by atoms with E-state index in [1.165, 1.54) is 5.56 Å². The molecule has 1 rings (SSSR count). The highest BCUT2D eigenvalue weighted by Crippen LogP contribution is 2.01. The molecule has 0 spiro atoms. The lowest BCUT2D eigenvalue weighted by Crippen LogP contribution is -2.37. The first-order valence-electron chi connectivity index (χ1n) is 6.84. The van der Waals surface area contributed by atoms with Crippen molar-refractivity contribution < 1.29 is 0 Å². The van der Waals surface area contributed by atoms with Crippen LogP contribution in [0.4, 0.5) is 0 Å². The minimum absolute atomic E-state index is 0.543. The van der Waals surface area contributed by atoms with Crippen molar-refractivity contribution in [2.75, 3.05) is 26.7 Å². The zero-order chi connectivity index (χ0) is 14.1. The minimum Gasteiger partial charge on any atom is -0.370 e. The van der Waals surface area contributed by atoms with Crippen LogP contribution in [-0.4, -0.2) is 37.5 Å². The molecule has 3 N–H and O–H groups in total. The van der Waals surface area contributed by atoms with Crippen molar-refractivity contribution in [3.63, 3.8) is 0 Å². The lowest BCUT2D eigenvalue weighted by Gasteiger charge is -2.17. The van der Waals surface area contributed by atoms with Gasteiger partial charge < -0.3 is 16.0 Å². The quantitative estimate of drug-likeness (QED) is 0.580. The van der Waals surface area contributed by atoms with Gasteiger partial charge in [0.25, 0.3) is 0 Å². The molecule has 0 bridgehead atoms. The summed E-state index contributed by atoms with van der Waals surface area (Å²) in [6, 6.07) is 10.5. The zero-order valence-corrected chi connectivity index (χ0v) is 12.3. The summed E-state index contributed by atoms with van der Waals surface area (Å²) in [4.78, 5) is 6.53. The Morgan fingerprint density at radius 2 is 2.00 bits per heavy atom. The fourth-order valence-corrected chi connectivity index (χ4v) is 1.69. The van der Waals surface area contributed by atoms with Crippen LogP contribution in [0.15, 0.2) is 35.3 Å². The van der Waals surface area contributed by atoms with E-state index in [1.807, 2.05) is 6.07 Å². The number of aliphatic imine (C=N–C) groups is 1. The average molecular weight is 262 g/mol. The van der Waals surface area contributed by atoms with E-state index < -0.39 is 0 Å². The third-order valence-corrected chi connectivity index (χ3v) is 2.72. The molecule has 0 aromatic heterocycles. The summed E-state index contributed by atoms with van der Waals surface area (Å²) in [6.45, 7) is 7.74. The molecule has 0 heterocycles. The second kappa shape index (κ2) is 8.53. The fraction of sp³-hybridized carbons (Fsp3) is 0.533. The van der Waals surface area contributed by atoms with Crippen LogP contribution in [0.3, 0.4) is 0 Å². The van der Waals surface area contributed by atoms with Crippen LogP contribution < -0.4 is 11.1 Å². The van der Waals surface area contributed by atoms with E-state index in [-0.39, 0.29) is 0 Å². The smallest absolute Gasteiger partial charge is 0.188 e. The highest BCUT2D eigenvalue weighted by molar-refractivity contribution is 5.77. The molecule has 0 atom stereocenters. The van der Waals surface area contributed by atoms with Crippen LogP contribution >= 0.6 is 0 Å². The monoisotopic (exact) mass is 262 g/mol. The topological polar surface area (TPSA) is 53.6 Å². The lowest BCUT2D eigenvalue weighted by molar-refractivity contribution is 0.331. The van der Waals surface area contributed by atoms with Crippen LogP contribution in [0.5, 0.6) is 0 Å². The molecule has 0 aliphatic heterocycles. The molecule has 0 amide bonds. The third kappa shape index (κ3) is 7.47. The summed E-state index contributed by atoms with van der Waals surface area (Å²) in [7, 11) is 2.11. The fourth-order valence-electron chi connectivity index (χ4n) is 1.69. The highest BCUT2D eigenvalue weighted by Gasteiger charge is 2.00. The van der Waals surface area contributed by atoms with Gasteiger partial charge in [0.05, 0.1) is 0 Å². The van der Waals surface area contributed by atoms with Crippen molar-refractivity contribution in [3.05, 3.63) is 35.9 Å². The molecule has 0 fully saturated rings. The van der Waals surface area contributed by atoms with Crippen LogP contribution in [0.1, 0.15) is 19.4 Å². The summed E-state index contributed by atoms with van der Waals surface area (Å²) >= 11 is 0. The summed E-state index contributed by atoms with van der Waals surface area (Å²) in [5.74, 6) is 1.09. The summed E-state index contributed by atoms with van der Waals surface area (Å²) in [5.41, 5.74) is 7.11. The molecular formula is C15H26N4. The molecule has 1 aromatic rings. The maximum Gasteiger partial charge on any atom is 0.188 e. The van der Waals surface area contributed by atoms with Gasteiger partial charge in [0.15, 0.2) is 5.96 Å². The van der Waals surface area contributed by atoms with Gasteiger partial charge >= 0.3 is 0 Å². The predicted molar refractivity (Wildman–Crippen MR) is 82.1 cm³/mol. The second-order valence-corrected chi connectivity index (χ2v) is 5.27. The maximum absolute atomic E-state index is 5.78. The molecule has 0 radical (unpaired) electrons. The van der Waals surface area contributed by atoms with Crippen molar-refractivity contribution in [3.8, 4) is 0 Å². The van der Waals surface area contributed by atoms with Crippen LogP contribution in [0, 0.1) is 5.92 Å². The Bertz CT molecular complexity index is 373. The van der Waals surface area contributed by atoms with Gasteiger partial charge in [0.1, 0.15) is 0 Å². The SMILES string of the molecule is CC(C)CN=C(N)NCCN(C)Cc1ccccc1. The van der Waals surface area contributed by atoms with Crippen LogP contribution in [0.25, 0.3) is 0 Å². The molecule has 1 aromatic carbocycles. The van der Waals surface area contributed by atoms with E-state index in [4.69, 9.17) is 5.73 Å². The van der Waals surface area contributed by atoms with Crippen molar-refractivity contribution in [1.82, 2.24) is 10.2 Å². The van der Waals surface area contributed by atoms with Gasteiger partial charge in [0.2, 0.25) is 0 Å². The molecule has 0 saturated heterocycles. The number of hydrogen-bond acceptors (Lipinski definition) is 2. The Balaban J connectivity index is 2.20. The molecule has 0 aliphatic carbocycles. The van der Waals surface area contributed by atoms with Gasteiger partial charge in [0, 0.05) is 26.2 Å². The molecule has 19 heavy (non-hydrogen) atoms. The number of hydrogen-bond donors (Lipinski definition) is 2. The molecule has 0 aliphatic rings. The Morgan fingerprint density at radius 1 is 1.32 bits per heavy atom. The Labute approximate surface area is 116 Å². The van der Waals surface area contributed by atoms with E-state index in [2.05, 4.69) is 60.4 Å². The van der Waals surface area contributed by atoms with E-state index in [0.29, 0.717) is 11.9 Å². The first-order chi connectivity index (χ1) is 9.08. The molecule has 4 nitrogen and oxygen atoms in total. The standard InChI is InChI=1S/C15H26N4/c1-13(2)11-18-15(16)17-9-10-19(3)12-14-7-5-4-6-8-14/h4-8,13H,9-12H2,1-3H3,(H3,16,17,18). The van der Waals surface area contributed by atoms with Gasteiger partial charge in [-0.25, -0.2) is 0 Å². The summed E-state index contributed by atoms with van der Waals surface area (Å²) in [5, 5.41) is 3.14. The lowest BCUT2D eigenvalue weighted by atomic mass is 10.2. The molecular weight excluding hydrogens is 236 g/mol. The zero-order valence-electron chi connectivity index (χ0n) is 12.3. The highest BCUT2D eigenvalue weighted by atomic mass is 15.1. The van der Waals surface area contributed by atoms with Crippen molar-refractivity contribution in [2.24, 2.45) is 16.6 Å². The third-order valence-electron chi connectivity index (χ3n) is 2.72. The Hall–Kier alpha value is -1.55. The summed E-state index contributed by atoms with van der Waals surface area (Å²) < 4.78 is 0. The molecule has 4 heteroatoms. The molecule has 0 saturated carbocycles. The van der Waals surface area contributed by atoms with Gasteiger partial charge in [-0.15, -0.1) is 0 Å². The predicted octanol–water partition coefficient (Wildman–Crippen LogP) is 1.68. The molecule has 106 valence electrons. The minimum atomic E-state index is 0.543. The number of likely N-dealkylation sites (N-methyl/N-ethyl adjacent to an activating group) is 1. The average Bonchev–Trinajstić information content (AvgIpc) is 2.37. The number of rotatable bonds is 7. The van der Waals surface area contributed by atoms with Crippen molar-refractivity contribution in [2.45, 2.75) is 20.4 Å². The Morgan fingerprint density at radius 3 is 2.63 bits per heavy atom. The van der Waals surface area contributed by atoms with Gasteiger partial charge in [-0.1, -0.05) is 44.2 Å². The normalized spacial score (nSPS) is 12.2. The van der Waals surface area contributed by atoms with E-state index in [9.17, 15) is 0 Å². The van der Waals surface area contributed by atoms with Gasteiger partial charge in [-0.3, -0.25) is 4.99 Å². The van der Waals surface area contributed by atoms with Gasteiger partial charge in [-0.2, -0.15) is 0 Å². The van der Waals surface area contributed by atoms with E-state index >= 15 is 0 Å². The maximum atomic E-state index is 5.78. The largest absolute Gasteiger partial charge is 0.370 e. The number of nitrogens with zero attached hydrogens (tertiary/aromatic N) is 2. The second-order valence-electron chi connectivity index (χ2n) is 5.27. The van der Waals surface area contributed by atoms with Crippen molar-refractivity contribution in [1.29, 1.82) is 0 Å². The van der Waals surface area contributed by atoms with Gasteiger partial charge in [-0.05, 0) is 18.5 Å². The Kier molecular flexibility index (Phi) is 6.97. The van der Waals surface area contributed by atoms with E-state index in [1.54, 1.807) is 0 Å². The number of guanidine groups is 1. The van der Waals surface area contributed by atoms with E-state index in [0.717, 1.165) is 26.2 Å².